The van der Waals surface area contributed by atoms with Gasteiger partial charge >= 0.3 is 5.69 Å². The van der Waals surface area contributed by atoms with E-state index >= 15 is 0 Å². The van der Waals surface area contributed by atoms with E-state index in [4.69, 9.17) is 15.6 Å². The molecular formula is C11H20FN3O3. The van der Waals surface area contributed by atoms with E-state index in [2.05, 4.69) is 4.98 Å². The summed E-state index contributed by atoms with van der Waals surface area (Å²) >= 11 is 0. The quantitative estimate of drug-likeness (QED) is 0.815. The van der Waals surface area contributed by atoms with Crippen molar-refractivity contribution < 1.29 is 14.2 Å². The zero-order valence-electron chi connectivity index (χ0n) is 10.8. The topological polar surface area (TPSA) is 90.4 Å². The maximum atomic E-state index is 12.7. The normalized spacial score (nSPS) is 13.4. The number of aromatic nitrogens is 2. The highest BCUT2D eigenvalue weighted by atomic mass is 19.1. The van der Waals surface area contributed by atoms with Crippen molar-refractivity contribution in [2.45, 2.75) is 33.1 Å². The highest BCUT2D eigenvalue weighted by Crippen LogP contribution is 2.09. The fourth-order valence-electron chi connectivity index (χ4n) is 1.13. The molecule has 0 fully saturated rings. The Balaban J connectivity index is 0.00000137. The number of ether oxygens (including phenoxy) is 1. The Morgan fingerprint density at radius 2 is 2.22 bits per heavy atom. The van der Waals surface area contributed by atoms with E-state index in [9.17, 15) is 9.18 Å². The van der Waals surface area contributed by atoms with E-state index in [-0.39, 0.29) is 12.4 Å². The molecule has 0 saturated carbocycles. The molecule has 1 heterocycles. The molecule has 1 rings (SSSR count). The van der Waals surface area contributed by atoms with Crippen molar-refractivity contribution in [1.82, 2.24) is 9.55 Å². The molecule has 3 N–H and O–H groups in total. The first-order valence-electron chi connectivity index (χ1n) is 5.75. The smallest absolute Gasteiger partial charge is 0.351 e. The lowest BCUT2D eigenvalue weighted by Crippen LogP contribution is -2.32. The largest absolute Gasteiger partial charge is 0.394 e. The Morgan fingerprint density at radius 3 is 2.67 bits per heavy atom. The third kappa shape index (κ3) is 4.80. The highest BCUT2D eigenvalue weighted by Gasteiger charge is 2.16. The molecule has 0 amide bonds. The first-order valence-corrected chi connectivity index (χ1v) is 5.75. The molecule has 2 unspecified atom stereocenters. The summed E-state index contributed by atoms with van der Waals surface area (Å²) in [6.45, 7) is 4.42. The number of hydrogen-bond donors (Lipinski definition) is 2. The van der Waals surface area contributed by atoms with Crippen LogP contribution in [0.25, 0.3) is 0 Å². The van der Waals surface area contributed by atoms with Gasteiger partial charge in [0, 0.05) is 6.20 Å². The van der Waals surface area contributed by atoms with E-state index in [0.717, 1.165) is 4.57 Å². The van der Waals surface area contributed by atoms with Crippen LogP contribution in [0.3, 0.4) is 0 Å². The van der Waals surface area contributed by atoms with Crippen LogP contribution in [0.4, 0.5) is 10.2 Å². The molecule has 2 atom stereocenters. The SMILES string of the molecule is CC.CC(CO)OC(CF)n1ccc(N)nc1=O. The molecule has 0 aliphatic carbocycles. The molecule has 0 radical (unpaired) electrons. The van der Waals surface area contributed by atoms with Crippen LogP contribution in [0.5, 0.6) is 0 Å². The first kappa shape index (κ1) is 16.5. The monoisotopic (exact) mass is 261 g/mol. The maximum absolute atomic E-state index is 12.7. The van der Waals surface area contributed by atoms with Gasteiger partial charge < -0.3 is 15.6 Å². The van der Waals surface area contributed by atoms with E-state index in [1.807, 2.05) is 13.8 Å². The second-order valence-corrected chi connectivity index (χ2v) is 3.28. The van der Waals surface area contributed by atoms with Gasteiger partial charge in [-0.3, -0.25) is 4.57 Å². The lowest BCUT2D eigenvalue weighted by atomic mass is 10.4. The van der Waals surface area contributed by atoms with Gasteiger partial charge in [0.25, 0.3) is 0 Å². The summed E-state index contributed by atoms with van der Waals surface area (Å²) in [5, 5.41) is 8.77. The molecule has 0 aliphatic rings. The summed E-state index contributed by atoms with van der Waals surface area (Å²) < 4.78 is 18.8. The van der Waals surface area contributed by atoms with Crippen molar-refractivity contribution in [3.05, 3.63) is 22.7 Å². The van der Waals surface area contributed by atoms with Crippen LogP contribution in [0.2, 0.25) is 0 Å². The number of alkyl halides is 1. The van der Waals surface area contributed by atoms with Crippen LogP contribution in [-0.4, -0.2) is 34.0 Å². The minimum absolute atomic E-state index is 0.0639. The third-order valence-corrected chi connectivity index (χ3v) is 1.94. The van der Waals surface area contributed by atoms with Crippen LogP contribution >= 0.6 is 0 Å². The zero-order valence-corrected chi connectivity index (χ0v) is 10.8. The number of hydrogen-bond acceptors (Lipinski definition) is 5. The molecule has 1 aromatic rings. The second kappa shape index (κ2) is 8.60. The molecule has 0 spiro atoms. The summed E-state index contributed by atoms with van der Waals surface area (Å²) in [7, 11) is 0. The van der Waals surface area contributed by atoms with E-state index in [1.54, 1.807) is 6.92 Å². The maximum Gasteiger partial charge on any atom is 0.351 e. The van der Waals surface area contributed by atoms with Gasteiger partial charge in [-0.25, -0.2) is 9.18 Å². The minimum Gasteiger partial charge on any atom is -0.394 e. The zero-order chi connectivity index (χ0) is 14.1. The Hall–Kier alpha value is -1.47. The van der Waals surface area contributed by atoms with Gasteiger partial charge in [-0.1, -0.05) is 13.8 Å². The summed E-state index contributed by atoms with van der Waals surface area (Å²) in [6.07, 6.45) is -0.355. The number of anilines is 1. The molecule has 0 aliphatic heterocycles. The van der Waals surface area contributed by atoms with Gasteiger partial charge in [0.15, 0.2) is 6.23 Å². The average molecular weight is 261 g/mol. The lowest BCUT2D eigenvalue weighted by molar-refractivity contribution is -0.0777. The summed E-state index contributed by atoms with van der Waals surface area (Å²) in [5.41, 5.74) is 4.61. The minimum atomic E-state index is -1.09. The third-order valence-electron chi connectivity index (χ3n) is 1.94. The van der Waals surface area contributed by atoms with E-state index in [0.29, 0.717) is 0 Å². The number of rotatable bonds is 5. The standard InChI is InChI=1S/C9H14FN3O3.C2H6/c1-6(5-14)16-8(4-10)13-3-2-7(11)12-9(13)15;1-2/h2-3,6,8,14H,4-5H2,1H3,(H2,11,12,15);1-2H3. The predicted molar refractivity (Wildman–Crippen MR) is 66.9 cm³/mol. The van der Waals surface area contributed by atoms with Gasteiger partial charge in [0.05, 0.1) is 12.7 Å². The Morgan fingerprint density at radius 1 is 1.61 bits per heavy atom. The van der Waals surface area contributed by atoms with E-state index in [1.165, 1.54) is 12.3 Å². The molecule has 6 nitrogen and oxygen atoms in total. The van der Waals surface area contributed by atoms with Gasteiger partial charge in [-0.2, -0.15) is 4.98 Å². The van der Waals surface area contributed by atoms with Crippen LogP contribution in [-0.2, 0) is 4.74 Å². The Kier molecular flexibility index (Phi) is 7.89. The van der Waals surface area contributed by atoms with Gasteiger partial charge in [-0.15, -0.1) is 0 Å². The Bertz CT molecular complexity index is 397. The van der Waals surface area contributed by atoms with E-state index < -0.39 is 24.7 Å². The molecule has 18 heavy (non-hydrogen) atoms. The summed E-state index contributed by atoms with van der Waals surface area (Å²) in [4.78, 5) is 14.8. The number of nitrogens with zero attached hydrogens (tertiary/aromatic N) is 2. The van der Waals surface area contributed by atoms with Gasteiger partial charge in [0.1, 0.15) is 12.5 Å². The van der Waals surface area contributed by atoms with Crippen molar-refractivity contribution in [1.29, 1.82) is 0 Å². The number of halogens is 1. The molecule has 0 aromatic carbocycles. The number of nitrogen functional groups attached to an aromatic ring is 1. The van der Waals surface area contributed by atoms with Crippen molar-refractivity contribution in [2.75, 3.05) is 19.0 Å². The lowest BCUT2D eigenvalue weighted by Gasteiger charge is -2.20. The molecule has 1 aromatic heterocycles. The average Bonchev–Trinajstić information content (AvgIpc) is 2.38. The molecular weight excluding hydrogens is 241 g/mol. The first-order chi connectivity index (χ1) is 8.58. The summed E-state index contributed by atoms with van der Waals surface area (Å²) in [6, 6.07) is 1.37. The fourth-order valence-corrected chi connectivity index (χ4v) is 1.13. The molecule has 0 bridgehead atoms. The van der Waals surface area contributed by atoms with Crippen molar-refractivity contribution in [2.24, 2.45) is 0 Å². The van der Waals surface area contributed by atoms with Crippen LogP contribution < -0.4 is 11.4 Å². The second-order valence-electron chi connectivity index (χ2n) is 3.28. The molecule has 104 valence electrons. The number of nitrogens with two attached hydrogens (primary N) is 1. The molecule has 0 saturated heterocycles. The van der Waals surface area contributed by atoms with Crippen LogP contribution in [0.15, 0.2) is 17.1 Å². The fraction of sp³-hybridized carbons (Fsp3) is 0.636. The number of aliphatic hydroxyl groups is 1. The highest BCUT2D eigenvalue weighted by molar-refractivity contribution is 5.23. The predicted octanol–water partition coefficient (Wildman–Crippen LogP) is 0.717. The van der Waals surface area contributed by atoms with Crippen LogP contribution in [0.1, 0.15) is 27.0 Å². The van der Waals surface area contributed by atoms with Crippen molar-refractivity contribution in [3.63, 3.8) is 0 Å². The van der Waals surface area contributed by atoms with Crippen molar-refractivity contribution in [3.8, 4) is 0 Å². The molecule has 7 heteroatoms. The summed E-state index contributed by atoms with van der Waals surface area (Å²) in [5.74, 6) is 0.0639. The van der Waals surface area contributed by atoms with Gasteiger partial charge in [-0.05, 0) is 13.0 Å². The van der Waals surface area contributed by atoms with Crippen LogP contribution in [0, 0.1) is 0 Å². The van der Waals surface area contributed by atoms with Crippen molar-refractivity contribution >= 4 is 5.82 Å². The Labute approximate surface area is 105 Å². The number of aliphatic hydroxyl groups excluding tert-OH is 1. The van der Waals surface area contributed by atoms with Gasteiger partial charge in [0.2, 0.25) is 0 Å².